The van der Waals surface area contributed by atoms with Gasteiger partial charge in [0, 0.05) is 19.3 Å². The molecule has 0 aliphatic heterocycles. The minimum absolute atomic E-state index is 0.0898. The number of hydrogen-bond donors (Lipinski definition) is 2. The smallest absolute Gasteiger partial charge is 0.305 e. The van der Waals surface area contributed by atoms with Gasteiger partial charge in [0.25, 0.3) is 0 Å². The van der Waals surface area contributed by atoms with Crippen LogP contribution in [-0.2, 0) is 14.4 Å². The summed E-state index contributed by atoms with van der Waals surface area (Å²) in [6.07, 6.45) is -0.0898. The van der Waals surface area contributed by atoms with Gasteiger partial charge in [-0.2, -0.15) is 0 Å². The lowest BCUT2D eigenvalue weighted by Crippen LogP contribution is -2.35. The van der Waals surface area contributed by atoms with E-state index in [1.54, 1.807) is 14.0 Å². The van der Waals surface area contributed by atoms with Crippen molar-refractivity contribution in [3.8, 4) is 0 Å². The quantitative estimate of drug-likeness (QED) is 0.757. The second-order valence-electron chi connectivity index (χ2n) is 5.27. The maximum atomic E-state index is 12.1. The lowest BCUT2D eigenvalue weighted by atomic mass is 10.2. The first-order valence-electron chi connectivity index (χ1n) is 7.24. The summed E-state index contributed by atoms with van der Waals surface area (Å²) in [6.45, 7) is 3.82. The first kappa shape index (κ1) is 19.0. The van der Waals surface area contributed by atoms with E-state index in [0.717, 1.165) is 11.3 Å². The van der Waals surface area contributed by atoms with Crippen LogP contribution >= 0.6 is 11.8 Å². The van der Waals surface area contributed by atoms with Crippen LogP contribution in [0.4, 0.5) is 5.69 Å². The SMILES string of the molecule is Cc1cccc(NC(=O)CSC(C)C(=O)N(C)CCC(=O)O)c1. The highest BCUT2D eigenvalue weighted by Gasteiger charge is 2.19. The second-order valence-corrected chi connectivity index (χ2v) is 6.60. The van der Waals surface area contributed by atoms with Crippen molar-refractivity contribution < 1.29 is 19.5 Å². The number of nitrogens with zero attached hydrogens (tertiary/aromatic N) is 1. The number of aliphatic carboxylic acids is 1. The lowest BCUT2D eigenvalue weighted by molar-refractivity contribution is -0.138. The van der Waals surface area contributed by atoms with E-state index in [0.29, 0.717) is 0 Å². The van der Waals surface area contributed by atoms with Crippen molar-refractivity contribution >= 4 is 35.2 Å². The molecule has 6 nitrogen and oxygen atoms in total. The summed E-state index contributed by atoms with van der Waals surface area (Å²) >= 11 is 1.23. The van der Waals surface area contributed by atoms with Crippen LogP contribution in [0.5, 0.6) is 0 Å². The van der Waals surface area contributed by atoms with Gasteiger partial charge in [-0.05, 0) is 31.5 Å². The largest absolute Gasteiger partial charge is 0.481 e. The molecule has 0 aromatic heterocycles. The Morgan fingerprint density at radius 1 is 1.35 bits per heavy atom. The molecule has 0 saturated carbocycles. The van der Waals surface area contributed by atoms with Crippen LogP contribution < -0.4 is 5.32 Å². The Labute approximate surface area is 140 Å². The summed E-state index contributed by atoms with van der Waals surface area (Å²) in [5, 5.41) is 11.0. The molecule has 1 aromatic carbocycles. The van der Waals surface area contributed by atoms with E-state index in [9.17, 15) is 14.4 Å². The van der Waals surface area contributed by atoms with Gasteiger partial charge in [-0.25, -0.2) is 0 Å². The van der Waals surface area contributed by atoms with Crippen LogP contribution in [0.25, 0.3) is 0 Å². The minimum atomic E-state index is -0.942. The highest BCUT2D eigenvalue weighted by molar-refractivity contribution is 8.01. The van der Waals surface area contributed by atoms with Crippen LogP contribution in [0, 0.1) is 6.92 Å². The third-order valence-electron chi connectivity index (χ3n) is 3.15. The molecule has 1 atom stereocenters. The fraction of sp³-hybridized carbons (Fsp3) is 0.438. The fourth-order valence-corrected chi connectivity index (χ4v) is 2.67. The predicted molar refractivity (Wildman–Crippen MR) is 91.6 cm³/mol. The number of carboxylic acids is 1. The van der Waals surface area contributed by atoms with Gasteiger partial charge in [0.05, 0.1) is 17.4 Å². The number of nitrogens with one attached hydrogen (secondary N) is 1. The lowest BCUT2D eigenvalue weighted by Gasteiger charge is -2.20. The Morgan fingerprint density at radius 3 is 2.65 bits per heavy atom. The van der Waals surface area contributed by atoms with Crippen molar-refractivity contribution in [2.75, 3.05) is 24.7 Å². The number of anilines is 1. The summed E-state index contributed by atoms with van der Waals surface area (Å²) in [4.78, 5) is 35.8. The maximum Gasteiger partial charge on any atom is 0.305 e. The third kappa shape index (κ3) is 7.19. The van der Waals surface area contributed by atoms with E-state index in [-0.39, 0.29) is 30.5 Å². The molecule has 1 rings (SSSR count). The standard InChI is InChI=1S/C16H22N2O4S/c1-11-5-4-6-13(9-11)17-14(19)10-23-12(2)16(22)18(3)8-7-15(20)21/h4-6,9,12H,7-8,10H2,1-3H3,(H,17,19)(H,20,21). The van der Waals surface area contributed by atoms with Crippen LogP contribution in [0.15, 0.2) is 24.3 Å². The van der Waals surface area contributed by atoms with Crippen LogP contribution in [-0.4, -0.2) is 52.4 Å². The van der Waals surface area contributed by atoms with E-state index < -0.39 is 11.2 Å². The van der Waals surface area contributed by atoms with E-state index in [4.69, 9.17) is 5.11 Å². The number of carboxylic acid groups (broad SMARTS) is 1. The molecule has 2 amide bonds. The summed E-state index contributed by atoms with van der Waals surface area (Å²) in [5.41, 5.74) is 1.78. The number of rotatable bonds is 8. The molecule has 0 aliphatic rings. The molecule has 0 saturated heterocycles. The molecular formula is C16H22N2O4S. The highest BCUT2D eigenvalue weighted by atomic mass is 32.2. The molecule has 0 radical (unpaired) electrons. The number of aryl methyl sites for hydroxylation is 1. The molecule has 126 valence electrons. The number of carbonyl (C=O) groups is 3. The van der Waals surface area contributed by atoms with Crippen molar-refractivity contribution in [3.05, 3.63) is 29.8 Å². The van der Waals surface area contributed by atoms with E-state index >= 15 is 0 Å². The topological polar surface area (TPSA) is 86.7 Å². The average molecular weight is 338 g/mol. The zero-order chi connectivity index (χ0) is 17.4. The van der Waals surface area contributed by atoms with Gasteiger partial charge >= 0.3 is 5.97 Å². The van der Waals surface area contributed by atoms with Gasteiger partial charge in [-0.1, -0.05) is 12.1 Å². The number of benzene rings is 1. The zero-order valence-corrected chi connectivity index (χ0v) is 14.4. The summed E-state index contributed by atoms with van der Waals surface area (Å²) < 4.78 is 0. The van der Waals surface area contributed by atoms with E-state index in [1.165, 1.54) is 16.7 Å². The van der Waals surface area contributed by atoms with Gasteiger partial charge in [0.2, 0.25) is 11.8 Å². The van der Waals surface area contributed by atoms with Crippen LogP contribution in [0.2, 0.25) is 0 Å². The first-order valence-corrected chi connectivity index (χ1v) is 8.29. The van der Waals surface area contributed by atoms with Crippen molar-refractivity contribution in [2.24, 2.45) is 0 Å². The Hall–Kier alpha value is -2.02. The van der Waals surface area contributed by atoms with Crippen LogP contribution in [0.3, 0.4) is 0 Å². The number of thioether (sulfide) groups is 1. The van der Waals surface area contributed by atoms with Gasteiger partial charge in [-0.3, -0.25) is 14.4 Å². The molecule has 1 unspecified atom stereocenters. The van der Waals surface area contributed by atoms with Crippen molar-refractivity contribution in [1.29, 1.82) is 0 Å². The van der Waals surface area contributed by atoms with Gasteiger partial charge in [0.1, 0.15) is 0 Å². The van der Waals surface area contributed by atoms with Crippen molar-refractivity contribution in [1.82, 2.24) is 4.90 Å². The Balaban J connectivity index is 2.39. The number of carbonyl (C=O) groups excluding carboxylic acids is 2. The molecule has 2 N–H and O–H groups in total. The molecule has 7 heteroatoms. The molecule has 0 aliphatic carbocycles. The zero-order valence-electron chi connectivity index (χ0n) is 13.5. The normalized spacial score (nSPS) is 11.6. The molecule has 0 heterocycles. The summed E-state index contributed by atoms with van der Waals surface area (Å²) in [6, 6.07) is 7.49. The predicted octanol–water partition coefficient (Wildman–Crippen LogP) is 1.99. The highest BCUT2D eigenvalue weighted by Crippen LogP contribution is 2.15. The summed E-state index contributed by atoms with van der Waals surface area (Å²) in [7, 11) is 1.56. The maximum absolute atomic E-state index is 12.1. The Kier molecular flexibility index (Phi) is 7.61. The average Bonchev–Trinajstić information content (AvgIpc) is 2.49. The summed E-state index contributed by atoms with van der Waals surface area (Å²) in [5.74, 6) is -1.14. The fourth-order valence-electron chi connectivity index (χ4n) is 1.88. The van der Waals surface area contributed by atoms with Gasteiger partial charge in [-0.15, -0.1) is 11.8 Å². The number of amides is 2. The molecular weight excluding hydrogens is 316 g/mol. The third-order valence-corrected chi connectivity index (χ3v) is 4.28. The Bertz CT molecular complexity index is 577. The van der Waals surface area contributed by atoms with Gasteiger partial charge < -0.3 is 15.3 Å². The van der Waals surface area contributed by atoms with Crippen LogP contribution in [0.1, 0.15) is 18.9 Å². The molecule has 0 bridgehead atoms. The first-order chi connectivity index (χ1) is 10.8. The van der Waals surface area contributed by atoms with Gasteiger partial charge in [0.15, 0.2) is 0 Å². The minimum Gasteiger partial charge on any atom is -0.481 e. The molecule has 1 aromatic rings. The monoisotopic (exact) mass is 338 g/mol. The Morgan fingerprint density at radius 2 is 2.04 bits per heavy atom. The van der Waals surface area contributed by atoms with E-state index in [2.05, 4.69) is 5.32 Å². The molecule has 0 fully saturated rings. The number of hydrogen-bond acceptors (Lipinski definition) is 4. The van der Waals surface area contributed by atoms with Crippen molar-refractivity contribution in [2.45, 2.75) is 25.5 Å². The van der Waals surface area contributed by atoms with Crippen molar-refractivity contribution in [3.63, 3.8) is 0 Å². The molecule has 23 heavy (non-hydrogen) atoms. The van der Waals surface area contributed by atoms with E-state index in [1.807, 2.05) is 31.2 Å². The second kappa shape index (κ2) is 9.19. The molecule has 0 spiro atoms.